The number of amides is 1. The molecule has 1 aliphatic heterocycles. The average Bonchev–Trinajstić information content (AvgIpc) is 3.19. The topological polar surface area (TPSA) is 49.6 Å². The molecule has 5 nitrogen and oxygen atoms in total. The Morgan fingerprint density at radius 1 is 0.923 bits per heavy atom. The first-order chi connectivity index (χ1) is 12.8. The predicted molar refractivity (Wildman–Crippen MR) is 99.6 cm³/mol. The second kappa shape index (κ2) is 7.54. The minimum absolute atomic E-state index is 0.00976. The summed E-state index contributed by atoms with van der Waals surface area (Å²) >= 11 is 0. The smallest absolute Gasteiger partial charge is 0.259 e. The number of carbonyl (C=O) groups excluding carboxylic acids is 1. The molecule has 1 amide bonds. The van der Waals surface area contributed by atoms with E-state index in [0.717, 1.165) is 25.2 Å². The summed E-state index contributed by atoms with van der Waals surface area (Å²) < 4.78 is 5.10. The summed E-state index contributed by atoms with van der Waals surface area (Å²) in [5.74, 6) is -0.00976. The van der Waals surface area contributed by atoms with Crippen LogP contribution in [0.1, 0.15) is 15.9 Å². The van der Waals surface area contributed by atoms with Crippen LogP contribution in [-0.4, -0.2) is 47.0 Å². The fourth-order valence-electron chi connectivity index (χ4n) is 3.31. The van der Waals surface area contributed by atoms with Gasteiger partial charge in [-0.15, -0.1) is 0 Å². The third kappa shape index (κ3) is 3.53. The highest BCUT2D eigenvalue weighted by Gasteiger charge is 2.26. The molecule has 0 radical (unpaired) electrons. The van der Waals surface area contributed by atoms with Gasteiger partial charge in [-0.1, -0.05) is 65.8 Å². The maximum absolute atomic E-state index is 12.9. The zero-order valence-electron chi connectivity index (χ0n) is 14.5. The molecule has 2 aromatic carbocycles. The van der Waals surface area contributed by atoms with Gasteiger partial charge >= 0.3 is 0 Å². The third-order valence-electron chi connectivity index (χ3n) is 4.76. The third-order valence-corrected chi connectivity index (χ3v) is 4.76. The molecule has 1 saturated heterocycles. The van der Waals surface area contributed by atoms with E-state index in [0.29, 0.717) is 24.3 Å². The summed E-state index contributed by atoms with van der Waals surface area (Å²) in [5.41, 5.74) is 3.35. The Balaban J connectivity index is 1.41. The lowest BCUT2D eigenvalue weighted by Crippen LogP contribution is -2.48. The van der Waals surface area contributed by atoms with Gasteiger partial charge in [-0.25, -0.2) is 0 Å². The molecule has 0 saturated carbocycles. The standard InChI is InChI=1S/C21H21N3O2/c25-21(19-16-26-22-20(19)18-9-5-2-6-10-18)24-13-11-23(12-14-24)15-17-7-3-1-4-8-17/h1-10,16H,11-15H2. The average molecular weight is 347 g/mol. The Morgan fingerprint density at radius 2 is 1.58 bits per heavy atom. The summed E-state index contributed by atoms with van der Waals surface area (Å²) in [6, 6.07) is 20.1. The van der Waals surface area contributed by atoms with Crippen molar-refractivity contribution in [1.82, 2.24) is 15.0 Å². The number of benzene rings is 2. The van der Waals surface area contributed by atoms with E-state index >= 15 is 0 Å². The molecule has 26 heavy (non-hydrogen) atoms. The molecule has 1 aliphatic rings. The molecule has 2 heterocycles. The second-order valence-electron chi connectivity index (χ2n) is 6.50. The fraction of sp³-hybridized carbons (Fsp3) is 0.238. The first-order valence-corrected chi connectivity index (χ1v) is 8.86. The van der Waals surface area contributed by atoms with Crippen LogP contribution in [0.25, 0.3) is 11.3 Å². The van der Waals surface area contributed by atoms with Crippen molar-refractivity contribution in [3.05, 3.63) is 78.1 Å². The minimum Gasteiger partial charge on any atom is -0.363 e. The second-order valence-corrected chi connectivity index (χ2v) is 6.50. The van der Waals surface area contributed by atoms with E-state index in [2.05, 4.69) is 34.3 Å². The van der Waals surface area contributed by atoms with Gasteiger partial charge in [0.25, 0.3) is 5.91 Å². The van der Waals surface area contributed by atoms with Crippen LogP contribution in [-0.2, 0) is 6.54 Å². The summed E-state index contributed by atoms with van der Waals surface area (Å²) in [6.45, 7) is 4.08. The highest BCUT2D eigenvalue weighted by Crippen LogP contribution is 2.23. The molecule has 0 bridgehead atoms. The van der Waals surface area contributed by atoms with Crippen molar-refractivity contribution in [1.29, 1.82) is 0 Å². The van der Waals surface area contributed by atoms with Crippen molar-refractivity contribution in [2.24, 2.45) is 0 Å². The minimum atomic E-state index is -0.00976. The Hall–Kier alpha value is -2.92. The first kappa shape index (κ1) is 16.5. The van der Waals surface area contributed by atoms with E-state index in [-0.39, 0.29) is 5.91 Å². The monoisotopic (exact) mass is 347 g/mol. The molecular weight excluding hydrogens is 326 g/mol. The molecule has 0 aliphatic carbocycles. The summed E-state index contributed by atoms with van der Waals surface area (Å²) in [6.07, 6.45) is 1.46. The van der Waals surface area contributed by atoms with Gasteiger partial charge < -0.3 is 9.42 Å². The van der Waals surface area contributed by atoms with E-state index in [4.69, 9.17) is 4.52 Å². The van der Waals surface area contributed by atoms with Crippen LogP contribution >= 0.6 is 0 Å². The fourth-order valence-corrected chi connectivity index (χ4v) is 3.31. The predicted octanol–water partition coefficient (Wildman–Crippen LogP) is 3.30. The van der Waals surface area contributed by atoms with Gasteiger partial charge in [0.05, 0.1) is 0 Å². The lowest BCUT2D eigenvalue weighted by Gasteiger charge is -2.34. The van der Waals surface area contributed by atoms with E-state index in [1.54, 1.807) is 0 Å². The highest BCUT2D eigenvalue weighted by molar-refractivity contribution is 5.99. The molecule has 0 spiro atoms. The quantitative estimate of drug-likeness (QED) is 0.727. The Labute approximate surface area is 152 Å². The van der Waals surface area contributed by atoms with Gasteiger partial charge in [-0.05, 0) is 5.56 Å². The maximum Gasteiger partial charge on any atom is 0.259 e. The molecule has 1 aromatic heterocycles. The van der Waals surface area contributed by atoms with Gasteiger partial charge in [0.2, 0.25) is 0 Å². The number of nitrogens with zero attached hydrogens (tertiary/aromatic N) is 3. The number of piperazine rings is 1. The summed E-state index contributed by atoms with van der Waals surface area (Å²) in [5, 5.41) is 4.04. The molecule has 0 unspecified atom stereocenters. The van der Waals surface area contributed by atoms with Crippen LogP contribution < -0.4 is 0 Å². The van der Waals surface area contributed by atoms with E-state index < -0.39 is 0 Å². The Morgan fingerprint density at radius 3 is 2.27 bits per heavy atom. The van der Waals surface area contributed by atoms with Crippen molar-refractivity contribution in [3.8, 4) is 11.3 Å². The maximum atomic E-state index is 12.9. The van der Waals surface area contributed by atoms with Crippen molar-refractivity contribution in [2.45, 2.75) is 6.54 Å². The molecule has 132 valence electrons. The van der Waals surface area contributed by atoms with Crippen molar-refractivity contribution in [3.63, 3.8) is 0 Å². The first-order valence-electron chi connectivity index (χ1n) is 8.86. The zero-order valence-corrected chi connectivity index (χ0v) is 14.5. The van der Waals surface area contributed by atoms with Crippen LogP contribution in [0.15, 0.2) is 71.4 Å². The zero-order chi connectivity index (χ0) is 17.8. The van der Waals surface area contributed by atoms with E-state index in [1.165, 1.54) is 11.8 Å². The summed E-state index contributed by atoms with van der Waals surface area (Å²) in [7, 11) is 0. The van der Waals surface area contributed by atoms with Crippen molar-refractivity contribution in [2.75, 3.05) is 26.2 Å². The van der Waals surface area contributed by atoms with Crippen molar-refractivity contribution < 1.29 is 9.32 Å². The van der Waals surface area contributed by atoms with Crippen LogP contribution in [0.3, 0.4) is 0 Å². The van der Waals surface area contributed by atoms with Gasteiger partial charge in [-0.2, -0.15) is 0 Å². The summed E-state index contributed by atoms with van der Waals surface area (Å²) in [4.78, 5) is 17.2. The molecule has 3 aromatic rings. The van der Waals surface area contributed by atoms with Crippen LogP contribution in [0, 0.1) is 0 Å². The van der Waals surface area contributed by atoms with Gasteiger partial charge in [0.1, 0.15) is 17.5 Å². The molecule has 0 N–H and O–H groups in total. The molecule has 1 fully saturated rings. The van der Waals surface area contributed by atoms with Gasteiger partial charge in [-0.3, -0.25) is 9.69 Å². The largest absolute Gasteiger partial charge is 0.363 e. The van der Waals surface area contributed by atoms with E-state index in [9.17, 15) is 4.79 Å². The SMILES string of the molecule is O=C(c1conc1-c1ccccc1)N1CCN(Cc2ccccc2)CC1. The molecule has 0 atom stereocenters. The number of aromatic nitrogens is 1. The highest BCUT2D eigenvalue weighted by atomic mass is 16.5. The van der Waals surface area contributed by atoms with Crippen LogP contribution in [0.2, 0.25) is 0 Å². The molecular formula is C21H21N3O2. The van der Waals surface area contributed by atoms with Crippen LogP contribution in [0.5, 0.6) is 0 Å². The lowest BCUT2D eigenvalue weighted by atomic mass is 10.1. The normalized spacial score (nSPS) is 15.2. The number of hydrogen-bond donors (Lipinski definition) is 0. The lowest BCUT2D eigenvalue weighted by molar-refractivity contribution is 0.0628. The Bertz CT molecular complexity index is 853. The Kier molecular flexibility index (Phi) is 4.80. The van der Waals surface area contributed by atoms with Gasteiger partial charge in [0, 0.05) is 38.3 Å². The molecule has 4 rings (SSSR count). The van der Waals surface area contributed by atoms with Crippen molar-refractivity contribution >= 4 is 5.91 Å². The van der Waals surface area contributed by atoms with Gasteiger partial charge in [0.15, 0.2) is 0 Å². The van der Waals surface area contributed by atoms with Crippen LogP contribution in [0.4, 0.5) is 0 Å². The van der Waals surface area contributed by atoms with E-state index in [1.807, 2.05) is 41.3 Å². The number of rotatable bonds is 4. The molecule has 5 heteroatoms. The number of hydrogen-bond acceptors (Lipinski definition) is 4. The number of carbonyl (C=O) groups is 1.